The van der Waals surface area contributed by atoms with E-state index in [1.54, 1.807) is 24.3 Å². The number of amides is 1. The van der Waals surface area contributed by atoms with Crippen molar-refractivity contribution in [2.24, 2.45) is 0 Å². The van der Waals surface area contributed by atoms with E-state index in [0.717, 1.165) is 11.8 Å². The summed E-state index contributed by atoms with van der Waals surface area (Å²) in [6, 6.07) is 17.4. The highest BCUT2D eigenvalue weighted by Gasteiger charge is 2.13. The Kier molecular flexibility index (Phi) is 3.86. The molecule has 2 rings (SSSR count). The fourth-order valence-corrected chi connectivity index (χ4v) is 1.67. The molecule has 0 spiro atoms. The molecule has 1 atom stereocenters. The van der Waals surface area contributed by atoms with Crippen LogP contribution in [0.1, 0.15) is 22.0 Å². The Labute approximate surface area is 105 Å². The minimum Gasteiger partial charge on any atom is -0.338 e. The van der Waals surface area contributed by atoms with Crippen LogP contribution in [0.3, 0.4) is 0 Å². The predicted molar refractivity (Wildman–Crippen MR) is 69.2 cm³/mol. The van der Waals surface area contributed by atoms with Gasteiger partial charge in [-0.3, -0.25) is 4.79 Å². The quantitative estimate of drug-likeness (QED) is 0.832. The van der Waals surface area contributed by atoms with E-state index >= 15 is 0 Å². The van der Waals surface area contributed by atoms with Gasteiger partial charge in [0.2, 0.25) is 0 Å². The maximum atomic E-state index is 11.9. The zero-order valence-electron chi connectivity index (χ0n) is 9.74. The number of carbonyl (C=O) groups is 2. The van der Waals surface area contributed by atoms with Gasteiger partial charge in [0.15, 0.2) is 0 Å². The molecule has 1 amide bonds. The van der Waals surface area contributed by atoms with Crippen molar-refractivity contribution in [2.45, 2.75) is 6.04 Å². The number of hydrogen-bond acceptors (Lipinski definition) is 2. The second kappa shape index (κ2) is 5.77. The third-order valence-corrected chi connectivity index (χ3v) is 2.62. The van der Waals surface area contributed by atoms with Gasteiger partial charge < -0.3 is 10.1 Å². The van der Waals surface area contributed by atoms with Crippen molar-refractivity contribution < 1.29 is 9.59 Å². The third-order valence-electron chi connectivity index (χ3n) is 2.62. The van der Waals surface area contributed by atoms with Crippen molar-refractivity contribution in [3.63, 3.8) is 0 Å². The fraction of sp³-hybridized carbons (Fsp3) is 0.0667. The van der Waals surface area contributed by atoms with Gasteiger partial charge in [-0.15, -0.1) is 0 Å². The van der Waals surface area contributed by atoms with Crippen LogP contribution in [-0.4, -0.2) is 12.2 Å². The molecule has 0 saturated heterocycles. The highest BCUT2D eigenvalue weighted by atomic mass is 16.2. The van der Waals surface area contributed by atoms with E-state index in [4.69, 9.17) is 0 Å². The Bertz CT molecular complexity index is 523. The molecular formula is C15H13NO2. The first-order valence-electron chi connectivity index (χ1n) is 5.67. The van der Waals surface area contributed by atoms with Crippen LogP contribution in [0.5, 0.6) is 0 Å². The number of benzene rings is 2. The summed E-state index contributed by atoms with van der Waals surface area (Å²) in [4.78, 5) is 23.0. The Balaban J connectivity index is 2.13. The van der Waals surface area contributed by atoms with Crippen LogP contribution < -0.4 is 5.32 Å². The van der Waals surface area contributed by atoms with Crippen LogP contribution in [0.2, 0.25) is 0 Å². The molecule has 2 aromatic carbocycles. The molecule has 0 radical (unpaired) electrons. The molecule has 0 fully saturated rings. The molecule has 90 valence electrons. The zero-order valence-corrected chi connectivity index (χ0v) is 9.74. The number of aldehydes is 1. The molecule has 0 aliphatic rings. The van der Waals surface area contributed by atoms with Crippen molar-refractivity contribution in [2.75, 3.05) is 0 Å². The Morgan fingerprint density at radius 3 is 2.06 bits per heavy atom. The lowest BCUT2D eigenvalue weighted by atomic mass is 10.1. The highest BCUT2D eigenvalue weighted by Crippen LogP contribution is 2.11. The predicted octanol–water partition coefficient (Wildman–Crippen LogP) is 2.36. The van der Waals surface area contributed by atoms with Crippen LogP contribution in [0.15, 0.2) is 60.7 Å². The Morgan fingerprint density at radius 2 is 1.50 bits per heavy atom. The monoisotopic (exact) mass is 239 g/mol. The van der Waals surface area contributed by atoms with Crippen molar-refractivity contribution in [3.05, 3.63) is 71.8 Å². The van der Waals surface area contributed by atoms with E-state index in [1.165, 1.54) is 0 Å². The van der Waals surface area contributed by atoms with E-state index in [1.807, 2.05) is 36.4 Å². The normalized spacial score (nSPS) is 11.6. The lowest BCUT2D eigenvalue weighted by Crippen LogP contribution is -2.29. The first kappa shape index (κ1) is 12.0. The fourth-order valence-electron chi connectivity index (χ4n) is 1.67. The van der Waals surface area contributed by atoms with Crippen molar-refractivity contribution in [3.8, 4) is 0 Å². The summed E-state index contributed by atoms with van der Waals surface area (Å²) >= 11 is 0. The van der Waals surface area contributed by atoms with Crippen molar-refractivity contribution in [1.82, 2.24) is 5.32 Å². The van der Waals surface area contributed by atoms with E-state index in [0.29, 0.717) is 5.56 Å². The number of carbonyl (C=O) groups excluding carboxylic acids is 2. The summed E-state index contributed by atoms with van der Waals surface area (Å²) in [5, 5.41) is 2.69. The second-order valence-corrected chi connectivity index (χ2v) is 3.86. The van der Waals surface area contributed by atoms with Gasteiger partial charge >= 0.3 is 0 Å². The van der Waals surface area contributed by atoms with Crippen LogP contribution in [-0.2, 0) is 4.79 Å². The molecule has 0 heterocycles. The summed E-state index contributed by atoms with van der Waals surface area (Å²) in [6.07, 6.45) is 0.732. The molecule has 18 heavy (non-hydrogen) atoms. The van der Waals surface area contributed by atoms with Crippen LogP contribution in [0.4, 0.5) is 0 Å². The van der Waals surface area contributed by atoms with Gasteiger partial charge in [-0.05, 0) is 17.7 Å². The lowest BCUT2D eigenvalue weighted by molar-refractivity contribution is -0.109. The first-order valence-corrected chi connectivity index (χ1v) is 5.67. The summed E-state index contributed by atoms with van der Waals surface area (Å²) in [5.41, 5.74) is 1.32. The van der Waals surface area contributed by atoms with E-state index in [9.17, 15) is 9.59 Å². The number of nitrogens with one attached hydrogen (secondary N) is 1. The smallest absolute Gasteiger partial charge is 0.252 e. The molecule has 0 aliphatic heterocycles. The number of rotatable bonds is 4. The second-order valence-electron chi connectivity index (χ2n) is 3.86. The molecule has 2 aromatic rings. The van der Waals surface area contributed by atoms with Crippen LogP contribution in [0, 0.1) is 0 Å². The minimum absolute atomic E-state index is 0.253. The van der Waals surface area contributed by atoms with E-state index < -0.39 is 6.04 Å². The standard InChI is InChI=1S/C15H13NO2/c17-11-14(12-7-3-1-4-8-12)16-15(18)13-9-5-2-6-10-13/h1-11,14H,(H,16,18)/t14-/m1/s1. The molecule has 0 aromatic heterocycles. The van der Waals surface area contributed by atoms with Gasteiger partial charge in [-0.25, -0.2) is 0 Å². The van der Waals surface area contributed by atoms with Gasteiger partial charge in [-0.2, -0.15) is 0 Å². The number of hydrogen-bond donors (Lipinski definition) is 1. The molecule has 0 unspecified atom stereocenters. The first-order chi connectivity index (χ1) is 8.81. The molecule has 3 nitrogen and oxygen atoms in total. The van der Waals surface area contributed by atoms with E-state index in [-0.39, 0.29) is 5.91 Å². The maximum absolute atomic E-state index is 11.9. The molecule has 0 bridgehead atoms. The molecular weight excluding hydrogens is 226 g/mol. The van der Waals surface area contributed by atoms with Gasteiger partial charge in [0.05, 0.1) is 0 Å². The van der Waals surface area contributed by atoms with Crippen LogP contribution in [0.25, 0.3) is 0 Å². The summed E-state index contributed by atoms with van der Waals surface area (Å²) in [6.45, 7) is 0. The zero-order chi connectivity index (χ0) is 12.8. The van der Waals surface area contributed by atoms with Gasteiger partial charge in [-0.1, -0.05) is 48.5 Å². The van der Waals surface area contributed by atoms with Crippen LogP contribution >= 0.6 is 0 Å². The van der Waals surface area contributed by atoms with Gasteiger partial charge in [0.25, 0.3) is 5.91 Å². The Hall–Kier alpha value is -2.42. The topological polar surface area (TPSA) is 46.2 Å². The lowest BCUT2D eigenvalue weighted by Gasteiger charge is -2.12. The van der Waals surface area contributed by atoms with E-state index in [2.05, 4.69) is 5.32 Å². The SMILES string of the molecule is O=C[C@@H](NC(=O)c1ccccc1)c1ccccc1. The summed E-state index contributed by atoms with van der Waals surface area (Å²) in [7, 11) is 0. The summed E-state index contributed by atoms with van der Waals surface area (Å²) in [5.74, 6) is -0.253. The minimum atomic E-state index is -0.612. The Morgan fingerprint density at radius 1 is 0.944 bits per heavy atom. The third kappa shape index (κ3) is 2.83. The van der Waals surface area contributed by atoms with Gasteiger partial charge in [0.1, 0.15) is 12.3 Å². The van der Waals surface area contributed by atoms with Crippen molar-refractivity contribution in [1.29, 1.82) is 0 Å². The average Bonchev–Trinajstić information content (AvgIpc) is 2.46. The average molecular weight is 239 g/mol. The highest BCUT2D eigenvalue weighted by molar-refractivity contribution is 5.95. The molecule has 0 saturated carbocycles. The largest absolute Gasteiger partial charge is 0.338 e. The summed E-state index contributed by atoms with van der Waals surface area (Å²) < 4.78 is 0. The van der Waals surface area contributed by atoms with Crippen molar-refractivity contribution >= 4 is 12.2 Å². The van der Waals surface area contributed by atoms with Gasteiger partial charge in [0, 0.05) is 5.56 Å². The molecule has 1 N–H and O–H groups in total. The maximum Gasteiger partial charge on any atom is 0.252 e. The molecule has 0 aliphatic carbocycles. The molecule has 3 heteroatoms.